The predicted octanol–water partition coefficient (Wildman–Crippen LogP) is 2.58. The lowest BCUT2D eigenvalue weighted by Crippen LogP contribution is -2.27. The molecule has 2 aliphatic rings. The van der Waals surface area contributed by atoms with Crippen LogP contribution in [0.4, 0.5) is 5.69 Å². The Hall–Kier alpha value is -1.22. The van der Waals surface area contributed by atoms with Gasteiger partial charge < -0.3 is 15.0 Å². The number of aryl methyl sites for hydroxylation is 1. The summed E-state index contributed by atoms with van der Waals surface area (Å²) in [4.78, 5) is 2.51. The minimum absolute atomic E-state index is 0.808. The van der Waals surface area contributed by atoms with E-state index in [4.69, 9.17) is 4.74 Å². The fourth-order valence-corrected chi connectivity index (χ4v) is 2.91. The number of hydrogen-bond acceptors (Lipinski definition) is 3. The van der Waals surface area contributed by atoms with Crippen LogP contribution in [0.25, 0.3) is 0 Å². The first-order chi connectivity index (χ1) is 9.26. The zero-order valence-corrected chi connectivity index (χ0v) is 12.0. The molecular weight excluding hydrogens is 236 g/mol. The molecule has 1 unspecified atom stereocenters. The maximum Gasteiger partial charge on any atom is 0.121 e. The van der Waals surface area contributed by atoms with Gasteiger partial charge in [0.1, 0.15) is 5.75 Å². The van der Waals surface area contributed by atoms with Crippen molar-refractivity contribution in [3.05, 3.63) is 23.8 Å². The van der Waals surface area contributed by atoms with E-state index in [-0.39, 0.29) is 0 Å². The molecule has 3 nitrogen and oxygen atoms in total. The maximum atomic E-state index is 5.33. The zero-order valence-electron chi connectivity index (χ0n) is 12.0. The lowest BCUT2D eigenvalue weighted by Gasteiger charge is -2.20. The van der Waals surface area contributed by atoms with E-state index in [0.29, 0.717) is 0 Å². The van der Waals surface area contributed by atoms with Crippen LogP contribution in [0.2, 0.25) is 0 Å². The van der Waals surface area contributed by atoms with Crippen LogP contribution in [0.5, 0.6) is 5.75 Å². The van der Waals surface area contributed by atoms with Crippen molar-refractivity contribution in [1.29, 1.82) is 0 Å². The zero-order chi connectivity index (χ0) is 13.2. The van der Waals surface area contributed by atoms with Gasteiger partial charge in [0.2, 0.25) is 0 Å². The second kappa shape index (κ2) is 5.41. The molecular formula is C16H24N2O. The molecule has 0 bridgehead atoms. The van der Waals surface area contributed by atoms with Crippen molar-refractivity contribution >= 4 is 5.69 Å². The van der Waals surface area contributed by atoms with Crippen LogP contribution in [-0.4, -0.2) is 32.8 Å². The highest BCUT2D eigenvalue weighted by molar-refractivity contribution is 5.53. The van der Waals surface area contributed by atoms with Gasteiger partial charge in [-0.15, -0.1) is 0 Å². The minimum atomic E-state index is 0.808. The van der Waals surface area contributed by atoms with E-state index >= 15 is 0 Å². The largest absolute Gasteiger partial charge is 0.496 e. The fraction of sp³-hybridized carbons (Fsp3) is 0.625. The Morgan fingerprint density at radius 3 is 2.84 bits per heavy atom. The molecule has 0 radical (unpaired) electrons. The molecule has 1 aliphatic heterocycles. The molecule has 19 heavy (non-hydrogen) atoms. The Morgan fingerprint density at radius 2 is 2.16 bits per heavy atom. The van der Waals surface area contributed by atoms with Gasteiger partial charge in [0.15, 0.2) is 0 Å². The van der Waals surface area contributed by atoms with Gasteiger partial charge in [-0.05, 0) is 62.4 Å². The van der Waals surface area contributed by atoms with Crippen molar-refractivity contribution in [2.45, 2.75) is 32.2 Å². The van der Waals surface area contributed by atoms with Crippen LogP contribution in [0, 0.1) is 12.8 Å². The van der Waals surface area contributed by atoms with Gasteiger partial charge in [-0.2, -0.15) is 0 Å². The molecule has 0 aromatic heterocycles. The van der Waals surface area contributed by atoms with Gasteiger partial charge in [0.25, 0.3) is 0 Å². The monoisotopic (exact) mass is 260 g/mol. The number of ether oxygens (including phenoxy) is 1. The molecule has 2 fully saturated rings. The van der Waals surface area contributed by atoms with E-state index in [9.17, 15) is 0 Å². The molecule has 0 amide bonds. The second-order valence-electron chi connectivity index (χ2n) is 5.94. The number of nitrogens with one attached hydrogen (secondary N) is 1. The summed E-state index contributed by atoms with van der Waals surface area (Å²) in [5.41, 5.74) is 2.56. The smallest absolute Gasteiger partial charge is 0.121 e. The van der Waals surface area contributed by atoms with Gasteiger partial charge in [-0.1, -0.05) is 0 Å². The highest BCUT2D eigenvalue weighted by Gasteiger charge is 2.26. The van der Waals surface area contributed by atoms with E-state index in [1.54, 1.807) is 7.11 Å². The maximum absolute atomic E-state index is 5.33. The van der Waals surface area contributed by atoms with Crippen molar-refractivity contribution in [1.82, 2.24) is 5.32 Å². The van der Waals surface area contributed by atoms with E-state index < -0.39 is 0 Å². The molecule has 1 aromatic rings. The standard InChI is InChI=1S/C16H24N2O/c1-12-9-15(5-6-16(12)19-2)18-8-7-13(11-18)10-17-14-3-4-14/h5-6,9,13-14,17H,3-4,7-8,10-11H2,1-2H3. The number of rotatable bonds is 5. The predicted molar refractivity (Wildman–Crippen MR) is 79.1 cm³/mol. The molecule has 1 saturated heterocycles. The summed E-state index contributed by atoms with van der Waals surface area (Å²) in [7, 11) is 1.73. The van der Waals surface area contributed by atoms with Gasteiger partial charge in [-0.3, -0.25) is 0 Å². The SMILES string of the molecule is COc1ccc(N2CCC(CNC3CC3)C2)cc1C. The molecule has 1 heterocycles. The van der Waals surface area contributed by atoms with Crippen LogP contribution in [0.3, 0.4) is 0 Å². The van der Waals surface area contributed by atoms with Crippen LogP contribution >= 0.6 is 0 Å². The normalized spacial score (nSPS) is 22.8. The molecule has 104 valence electrons. The minimum Gasteiger partial charge on any atom is -0.496 e. The number of nitrogens with zero attached hydrogens (tertiary/aromatic N) is 1. The third kappa shape index (κ3) is 3.03. The highest BCUT2D eigenvalue weighted by Crippen LogP contribution is 2.28. The van der Waals surface area contributed by atoms with Crippen molar-refractivity contribution in [2.75, 3.05) is 31.6 Å². The average molecular weight is 260 g/mol. The van der Waals surface area contributed by atoms with E-state index in [2.05, 4.69) is 35.3 Å². The second-order valence-corrected chi connectivity index (χ2v) is 5.94. The summed E-state index contributed by atoms with van der Waals surface area (Å²) < 4.78 is 5.33. The van der Waals surface area contributed by atoms with Crippen molar-refractivity contribution in [3.63, 3.8) is 0 Å². The fourth-order valence-electron chi connectivity index (χ4n) is 2.91. The molecule has 1 atom stereocenters. The number of benzene rings is 1. The summed E-state index contributed by atoms with van der Waals surface area (Å²) in [6.07, 6.45) is 4.08. The van der Waals surface area contributed by atoms with Crippen LogP contribution < -0.4 is 15.0 Å². The molecule has 1 aliphatic carbocycles. The topological polar surface area (TPSA) is 24.5 Å². The lowest BCUT2D eigenvalue weighted by atomic mass is 10.1. The van der Waals surface area contributed by atoms with E-state index in [1.807, 2.05) is 0 Å². The van der Waals surface area contributed by atoms with Crippen LogP contribution in [0.15, 0.2) is 18.2 Å². The molecule has 1 aromatic carbocycles. The summed E-state index contributed by atoms with van der Waals surface area (Å²) in [6, 6.07) is 7.34. The Morgan fingerprint density at radius 1 is 1.32 bits per heavy atom. The Labute approximate surface area is 115 Å². The lowest BCUT2D eigenvalue weighted by molar-refractivity contribution is 0.411. The van der Waals surface area contributed by atoms with E-state index in [1.165, 1.54) is 50.1 Å². The van der Waals surface area contributed by atoms with Crippen LogP contribution in [0.1, 0.15) is 24.8 Å². The third-order valence-corrected chi connectivity index (χ3v) is 4.30. The first-order valence-electron chi connectivity index (χ1n) is 7.39. The summed E-state index contributed by atoms with van der Waals surface area (Å²) in [6.45, 7) is 5.68. The van der Waals surface area contributed by atoms with Crippen molar-refractivity contribution in [2.24, 2.45) is 5.92 Å². The Kier molecular flexibility index (Phi) is 3.65. The number of methoxy groups -OCH3 is 1. The molecule has 0 spiro atoms. The van der Waals surface area contributed by atoms with E-state index in [0.717, 1.165) is 17.7 Å². The van der Waals surface area contributed by atoms with Gasteiger partial charge in [0.05, 0.1) is 7.11 Å². The Bertz CT molecular complexity index is 442. The highest BCUT2D eigenvalue weighted by atomic mass is 16.5. The molecule has 3 rings (SSSR count). The third-order valence-electron chi connectivity index (χ3n) is 4.30. The van der Waals surface area contributed by atoms with Gasteiger partial charge in [-0.25, -0.2) is 0 Å². The Balaban J connectivity index is 1.58. The number of anilines is 1. The van der Waals surface area contributed by atoms with Crippen LogP contribution in [-0.2, 0) is 0 Å². The first kappa shape index (κ1) is 12.8. The quantitative estimate of drug-likeness (QED) is 0.880. The summed E-state index contributed by atoms with van der Waals surface area (Å²) in [5, 5.41) is 3.65. The average Bonchev–Trinajstić information content (AvgIpc) is 3.13. The molecule has 3 heteroatoms. The summed E-state index contributed by atoms with van der Waals surface area (Å²) >= 11 is 0. The van der Waals surface area contributed by atoms with Gasteiger partial charge in [0, 0.05) is 24.8 Å². The van der Waals surface area contributed by atoms with Gasteiger partial charge >= 0.3 is 0 Å². The summed E-state index contributed by atoms with van der Waals surface area (Å²) in [5.74, 6) is 1.79. The first-order valence-corrected chi connectivity index (χ1v) is 7.39. The van der Waals surface area contributed by atoms with Crippen molar-refractivity contribution < 1.29 is 4.74 Å². The molecule has 1 N–H and O–H groups in total. The van der Waals surface area contributed by atoms with Crippen molar-refractivity contribution in [3.8, 4) is 5.75 Å². The molecule has 1 saturated carbocycles. The number of hydrogen-bond donors (Lipinski definition) is 1.